The molecule has 1 atom stereocenters. The van der Waals surface area contributed by atoms with Gasteiger partial charge in [0, 0.05) is 25.6 Å². The van der Waals surface area contributed by atoms with E-state index in [0.717, 1.165) is 5.56 Å². The maximum atomic E-state index is 11.9. The van der Waals surface area contributed by atoms with Crippen molar-refractivity contribution < 1.29 is 18.3 Å². The van der Waals surface area contributed by atoms with Gasteiger partial charge in [0.2, 0.25) is 0 Å². The average Bonchev–Trinajstić information content (AvgIpc) is 2.61. The first kappa shape index (κ1) is 13.0. The van der Waals surface area contributed by atoms with Crippen molar-refractivity contribution in [2.24, 2.45) is 0 Å². The van der Waals surface area contributed by atoms with Gasteiger partial charge in [-0.25, -0.2) is 0 Å². The van der Waals surface area contributed by atoms with Crippen molar-refractivity contribution in [3.63, 3.8) is 0 Å². The van der Waals surface area contributed by atoms with Crippen molar-refractivity contribution in [2.75, 3.05) is 0 Å². The van der Waals surface area contributed by atoms with Gasteiger partial charge in [-0.15, -0.1) is 0 Å². The van der Waals surface area contributed by atoms with Crippen LogP contribution in [0.5, 0.6) is 0 Å². The Balaban J connectivity index is 2.36. The lowest BCUT2D eigenvalue weighted by molar-refractivity contribution is -0.139. The summed E-state index contributed by atoms with van der Waals surface area (Å²) in [7, 11) is 0. The Morgan fingerprint density at radius 3 is 2.69 bits per heavy atom. The Bertz CT molecular complexity index is 322. The molecule has 1 aromatic rings. The van der Waals surface area contributed by atoms with Crippen LogP contribution in [0.15, 0.2) is 12.4 Å². The summed E-state index contributed by atoms with van der Waals surface area (Å²) in [5.74, 6) is 0. The third-order valence-electron chi connectivity index (χ3n) is 2.24. The smallest absolute Gasteiger partial charge is 0.389 e. The maximum Gasteiger partial charge on any atom is 0.389 e. The van der Waals surface area contributed by atoms with E-state index >= 15 is 0 Å². The molecule has 92 valence electrons. The molecule has 0 fully saturated rings. The van der Waals surface area contributed by atoms with Gasteiger partial charge in [-0.05, 0) is 18.9 Å². The maximum absolute atomic E-state index is 11.9. The third kappa shape index (κ3) is 4.65. The number of aliphatic hydroxyl groups is 1. The molecule has 0 aliphatic carbocycles. The predicted octanol–water partition coefficient (Wildman–Crippen LogP) is 2.15. The number of alkyl halides is 3. The molecule has 0 aliphatic rings. The summed E-state index contributed by atoms with van der Waals surface area (Å²) in [6.45, 7) is 2.62. The van der Waals surface area contributed by atoms with Crippen LogP contribution < -0.4 is 0 Å². The summed E-state index contributed by atoms with van der Waals surface area (Å²) < 4.78 is 37.3. The molecule has 0 radical (unpaired) electrons. The van der Waals surface area contributed by atoms with Crippen LogP contribution in [-0.4, -0.2) is 27.2 Å². The number of aromatic nitrogens is 2. The van der Waals surface area contributed by atoms with Gasteiger partial charge in [0.05, 0.1) is 12.3 Å². The lowest BCUT2D eigenvalue weighted by Gasteiger charge is -2.10. The molecule has 0 saturated carbocycles. The summed E-state index contributed by atoms with van der Waals surface area (Å²) in [5, 5.41) is 13.4. The SMILES string of the molecule is CCn1cc(CC(O)CCC(F)(F)F)cn1. The van der Waals surface area contributed by atoms with Crippen molar-refractivity contribution in [1.82, 2.24) is 9.78 Å². The molecule has 3 nitrogen and oxygen atoms in total. The normalized spacial score (nSPS) is 14.1. The zero-order valence-corrected chi connectivity index (χ0v) is 9.04. The second-order valence-corrected chi connectivity index (χ2v) is 3.72. The topological polar surface area (TPSA) is 38.0 Å². The van der Waals surface area contributed by atoms with Crippen LogP contribution in [-0.2, 0) is 13.0 Å². The minimum Gasteiger partial charge on any atom is -0.393 e. The zero-order chi connectivity index (χ0) is 12.2. The van der Waals surface area contributed by atoms with Crippen LogP contribution in [0.3, 0.4) is 0 Å². The van der Waals surface area contributed by atoms with Crippen LogP contribution >= 0.6 is 0 Å². The zero-order valence-electron chi connectivity index (χ0n) is 9.04. The van der Waals surface area contributed by atoms with Crippen LogP contribution in [0.2, 0.25) is 0 Å². The number of aliphatic hydroxyl groups excluding tert-OH is 1. The van der Waals surface area contributed by atoms with Crippen molar-refractivity contribution in [3.8, 4) is 0 Å². The Morgan fingerprint density at radius 1 is 1.50 bits per heavy atom. The van der Waals surface area contributed by atoms with Gasteiger partial charge in [0.15, 0.2) is 0 Å². The molecule has 0 saturated heterocycles. The molecule has 6 heteroatoms. The molecule has 0 bridgehead atoms. The standard InChI is InChI=1S/C10H15F3N2O/c1-2-15-7-8(6-14-15)5-9(16)3-4-10(11,12)13/h6-7,9,16H,2-5H2,1H3. The van der Waals surface area contributed by atoms with Crippen LogP contribution in [0, 0.1) is 0 Å². The van der Waals surface area contributed by atoms with Gasteiger partial charge in [-0.2, -0.15) is 18.3 Å². The number of aryl methyl sites for hydroxylation is 1. The molecule has 1 N–H and O–H groups in total. The molecule has 1 heterocycles. The lowest BCUT2D eigenvalue weighted by Crippen LogP contribution is -2.16. The Kier molecular flexibility index (Phi) is 4.35. The van der Waals surface area contributed by atoms with Gasteiger partial charge < -0.3 is 5.11 Å². The Morgan fingerprint density at radius 2 is 2.19 bits per heavy atom. The molecule has 0 amide bonds. The third-order valence-corrected chi connectivity index (χ3v) is 2.24. The highest BCUT2D eigenvalue weighted by atomic mass is 19.4. The first-order valence-corrected chi connectivity index (χ1v) is 5.17. The summed E-state index contributed by atoms with van der Waals surface area (Å²) in [4.78, 5) is 0. The van der Waals surface area contributed by atoms with Crippen LogP contribution in [0.25, 0.3) is 0 Å². The van der Waals surface area contributed by atoms with Gasteiger partial charge in [-0.3, -0.25) is 4.68 Å². The molecule has 16 heavy (non-hydrogen) atoms. The van der Waals surface area contributed by atoms with Gasteiger partial charge >= 0.3 is 6.18 Å². The van der Waals surface area contributed by atoms with Gasteiger partial charge in [-0.1, -0.05) is 0 Å². The van der Waals surface area contributed by atoms with E-state index in [4.69, 9.17) is 0 Å². The van der Waals surface area contributed by atoms with Gasteiger partial charge in [0.25, 0.3) is 0 Å². The molecule has 0 aliphatic heterocycles. The Hall–Kier alpha value is -1.04. The minimum absolute atomic E-state index is 0.218. The number of nitrogens with zero attached hydrogens (tertiary/aromatic N) is 2. The predicted molar refractivity (Wildman–Crippen MR) is 52.9 cm³/mol. The summed E-state index contributed by atoms with van der Waals surface area (Å²) in [6.07, 6.45) is -2.85. The largest absolute Gasteiger partial charge is 0.393 e. The van der Waals surface area contributed by atoms with Crippen LogP contribution in [0.1, 0.15) is 25.3 Å². The van der Waals surface area contributed by atoms with E-state index < -0.39 is 18.7 Å². The molecule has 1 rings (SSSR count). The van der Waals surface area contributed by atoms with Crippen molar-refractivity contribution >= 4 is 0 Å². The van der Waals surface area contributed by atoms with E-state index in [2.05, 4.69) is 5.10 Å². The fourth-order valence-corrected chi connectivity index (χ4v) is 1.39. The van der Waals surface area contributed by atoms with E-state index in [1.54, 1.807) is 17.1 Å². The second-order valence-electron chi connectivity index (χ2n) is 3.72. The highest BCUT2D eigenvalue weighted by molar-refractivity contribution is 5.05. The first-order chi connectivity index (χ1) is 7.40. The summed E-state index contributed by atoms with van der Waals surface area (Å²) in [5.41, 5.74) is 0.761. The molecular weight excluding hydrogens is 221 g/mol. The number of rotatable bonds is 5. The monoisotopic (exact) mass is 236 g/mol. The van der Waals surface area contributed by atoms with E-state index in [1.807, 2.05) is 6.92 Å². The van der Waals surface area contributed by atoms with Crippen molar-refractivity contribution in [3.05, 3.63) is 18.0 Å². The molecule has 0 spiro atoms. The second kappa shape index (κ2) is 5.34. The molecule has 1 unspecified atom stereocenters. The highest BCUT2D eigenvalue weighted by Crippen LogP contribution is 2.23. The minimum atomic E-state index is -4.20. The molecule has 1 aromatic heterocycles. The van der Waals surface area contributed by atoms with Gasteiger partial charge in [0.1, 0.15) is 0 Å². The fourth-order valence-electron chi connectivity index (χ4n) is 1.39. The number of hydrogen-bond acceptors (Lipinski definition) is 2. The quantitative estimate of drug-likeness (QED) is 0.850. The lowest BCUT2D eigenvalue weighted by atomic mass is 10.1. The Labute approximate surface area is 91.9 Å². The summed E-state index contributed by atoms with van der Waals surface area (Å²) >= 11 is 0. The first-order valence-electron chi connectivity index (χ1n) is 5.17. The van der Waals surface area contributed by atoms with Crippen molar-refractivity contribution in [2.45, 2.75) is 45.0 Å². The molecule has 0 aromatic carbocycles. The van der Waals surface area contributed by atoms with Crippen molar-refractivity contribution in [1.29, 1.82) is 0 Å². The number of hydrogen-bond donors (Lipinski definition) is 1. The highest BCUT2D eigenvalue weighted by Gasteiger charge is 2.27. The summed E-state index contributed by atoms with van der Waals surface area (Å²) in [6, 6.07) is 0. The van der Waals surface area contributed by atoms with E-state index in [9.17, 15) is 18.3 Å². The van der Waals surface area contributed by atoms with E-state index in [0.29, 0.717) is 6.54 Å². The average molecular weight is 236 g/mol. The van der Waals surface area contributed by atoms with E-state index in [-0.39, 0.29) is 12.8 Å². The fraction of sp³-hybridized carbons (Fsp3) is 0.700. The van der Waals surface area contributed by atoms with E-state index in [1.165, 1.54) is 0 Å². The molecular formula is C10H15F3N2O. The number of halogens is 3. The van der Waals surface area contributed by atoms with Crippen LogP contribution in [0.4, 0.5) is 13.2 Å².